The Morgan fingerprint density at radius 3 is 2.88 bits per heavy atom. The molecule has 90 valence electrons. The fraction of sp³-hybridized carbons (Fsp3) is 0.250. The quantitative estimate of drug-likeness (QED) is 0.877. The van der Waals surface area contributed by atoms with Crippen molar-refractivity contribution in [1.82, 2.24) is 10.2 Å². The maximum absolute atomic E-state index is 5.97. The Morgan fingerprint density at radius 2 is 2.24 bits per heavy atom. The molecular weight excluding hydrogens is 238 g/mol. The Kier molecular flexibility index (Phi) is 3.54. The summed E-state index contributed by atoms with van der Waals surface area (Å²) < 4.78 is 5.27. The third kappa shape index (κ3) is 2.71. The van der Waals surface area contributed by atoms with E-state index in [4.69, 9.17) is 16.3 Å². The van der Waals surface area contributed by atoms with Gasteiger partial charge in [-0.25, -0.2) is 0 Å². The molecule has 0 aliphatic rings. The summed E-state index contributed by atoms with van der Waals surface area (Å²) in [5.41, 5.74) is 1.87. The number of ether oxygens (including phenoxy) is 1. The number of nitrogens with zero attached hydrogens (tertiary/aromatic N) is 1. The number of aromatic nitrogens is 2. The van der Waals surface area contributed by atoms with Crippen molar-refractivity contribution < 1.29 is 4.74 Å². The van der Waals surface area contributed by atoms with E-state index in [0.717, 1.165) is 17.1 Å². The molecule has 2 aromatic rings. The van der Waals surface area contributed by atoms with Crippen molar-refractivity contribution in [3.05, 3.63) is 41.2 Å². The van der Waals surface area contributed by atoms with Gasteiger partial charge in [-0.15, -0.1) is 0 Å². The molecule has 0 aliphatic heterocycles. The lowest BCUT2D eigenvalue weighted by Crippen LogP contribution is -2.08. The zero-order valence-corrected chi connectivity index (χ0v) is 10.5. The summed E-state index contributed by atoms with van der Waals surface area (Å²) in [5.74, 6) is 0.765. The molecular formula is C12H14ClN3O. The molecule has 0 aliphatic carbocycles. The number of hydrogen-bond donors (Lipinski definition) is 2. The number of H-pyrrole nitrogens is 1. The van der Waals surface area contributed by atoms with Gasteiger partial charge in [0.1, 0.15) is 5.75 Å². The van der Waals surface area contributed by atoms with Crippen LogP contribution in [0.2, 0.25) is 5.02 Å². The molecule has 4 nitrogen and oxygen atoms in total. The molecule has 0 radical (unpaired) electrons. The van der Waals surface area contributed by atoms with Crippen molar-refractivity contribution in [1.29, 1.82) is 0 Å². The first kappa shape index (κ1) is 11.8. The molecule has 0 bridgehead atoms. The lowest BCUT2D eigenvalue weighted by Gasteiger charge is -2.16. The second-order valence-electron chi connectivity index (χ2n) is 3.72. The second-order valence-corrected chi connectivity index (χ2v) is 4.16. The fourth-order valence-electron chi connectivity index (χ4n) is 1.61. The molecule has 1 atom stereocenters. The molecule has 1 heterocycles. The van der Waals surface area contributed by atoms with Crippen molar-refractivity contribution in [2.45, 2.75) is 13.0 Å². The van der Waals surface area contributed by atoms with Gasteiger partial charge in [0.05, 0.1) is 24.5 Å². The van der Waals surface area contributed by atoms with E-state index in [0.29, 0.717) is 5.02 Å². The second kappa shape index (κ2) is 5.10. The van der Waals surface area contributed by atoms with E-state index in [1.165, 1.54) is 0 Å². The number of rotatable bonds is 4. The Hall–Kier alpha value is -1.68. The van der Waals surface area contributed by atoms with E-state index in [9.17, 15) is 0 Å². The summed E-state index contributed by atoms with van der Waals surface area (Å²) in [5, 5.41) is 10.8. The standard InChI is InChI=1S/C12H14ClN3O/c1-8(10-5-6-14-16-10)15-11-7-9(13)3-4-12(11)17-2/h3-8,15H,1-2H3,(H,14,16). The SMILES string of the molecule is COc1ccc(Cl)cc1NC(C)c1ccn[nH]1. The summed E-state index contributed by atoms with van der Waals surface area (Å²) in [4.78, 5) is 0. The third-order valence-corrected chi connectivity index (χ3v) is 2.76. The number of nitrogens with one attached hydrogen (secondary N) is 2. The van der Waals surface area contributed by atoms with Crippen molar-refractivity contribution >= 4 is 17.3 Å². The van der Waals surface area contributed by atoms with Gasteiger partial charge < -0.3 is 10.1 Å². The van der Waals surface area contributed by atoms with E-state index in [2.05, 4.69) is 15.5 Å². The van der Waals surface area contributed by atoms with Gasteiger partial charge in [0.15, 0.2) is 0 Å². The van der Waals surface area contributed by atoms with Gasteiger partial charge in [-0.2, -0.15) is 5.10 Å². The zero-order valence-electron chi connectivity index (χ0n) is 9.70. The predicted octanol–water partition coefficient (Wildman–Crippen LogP) is 3.24. The highest BCUT2D eigenvalue weighted by molar-refractivity contribution is 6.30. The molecule has 5 heteroatoms. The lowest BCUT2D eigenvalue weighted by molar-refractivity contribution is 0.416. The summed E-state index contributed by atoms with van der Waals surface area (Å²) in [7, 11) is 1.63. The number of methoxy groups -OCH3 is 1. The number of anilines is 1. The Morgan fingerprint density at radius 1 is 1.41 bits per heavy atom. The van der Waals surface area contributed by atoms with Gasteiger partial charge in [-0.05, 0) is 31.2 Å². The minimum absolute atomic E-state index is 0.102. The molecule has 2 rings (SSSR count). The summed E-state index contributed by atoms with van der Waals surface area (Å²) in [6.45, 7) is 2.04. The molecule has 0 saturated heterocycles. The number of benzene rings is 1. The third-order valence-electron chi connectivity index (χ3n) is 2.52. The van der Waals surface area contributed by atoms with Crippen LogP contribution < -0.4 is 10.1 Å². The number of hydrogen-bond acceptors (Lipinski definition) is 3. The highest BCUT2D eigenvalue weighted by Gasteiger charge is 2.10. The maximum Gasteiger partial charge on any atom is 0.142 e. The van der Waals surface area contributed by atoms with E-state index in [1.54, 1.807) is 19.4 Å². The molecule has 0 saturated carbocycles. The Bertz CT molecular complexity index is 485. The molecule has 17 heavy (non-hydrogen) atoms. The van der Waals surface area contributed by atoms with Crippen molar-refractivity contribution in [3.63, 3.8) is 0 Å². The van der Waals surface area contributed by atoms with Crippen molar-refractivity contribution in [2.75, 3.05) is 12.4 Å². The highest BCUT2D eigenvalue weighted by Crippen LogP contribution is 2.30. The maximum atomic E-state index is 5.97. The molecule has 1 unspecified atom stereocenters. The number of aromatic amines is 1. The van der Waals surface area contributed by atoms with Crippen LogP contribution in [0.25, 0.3) is 0 Å². The topological polar surface area (TPSA) is 49.9 Å². The monoisotopic (exact) mass is 251 g/mol. The van der Waals surface area contributed by atoms with E-state index >= 15 is 0 Å². The van der Waals surface area contributed by atoms with Crippen molar-refractivity contribution in [2.24, 2.45) is 0 Å². The van der Waals surface area contributed by atoms with Crippen LogP contribution in [0.3, 0.4) is 0 Å². The summed E-state index contributed by atoms with van der Waals surface area (Å²) in [6.07, 6.45) is 1.72. The average molecular weight is 252 g/mol. The first-order valence-electron chi connectivity index (χ1n) is 5.30. The summed E-state index contributed by atoms with van der Waals surface area (Å²) >= 11 is 5.97. The smallest absolute Gasteiger partial charge is 0.142 e. The molecule has 0 fully saturated rings. The first-order valence-corrected chi connectivity index (χ1v) is 5.68. The van der Waals surface area contributed by atoms with Crippen LogP contribution in [0, 0.1) is 0 Å². The molecule has 2 N–H and O–H groups in total. The highest BCUT2D eigenvalue weighted by atomic mass is 35.5. The van der Waals surface area contributed by atoms with Gasteiger partial charge in [-0.1, -0.05) is 11.6 Å². The fourth-order valence-corrected chi connectivity index (χ4v) is 1.78. The van der Waals surface area contributed by atoms with Gasteiger partial charge >= 0.3 is 0 Å². The number of halogens is 1. The van der Waals surface area contributed by atoms with E-state index < -0.39 is 0 Å². The van der Waals surface area contributed by atoms with Gasteiger partial charge in [0.2, 0.25) is 0 Å². The van der Waals surface area contributed by atoms with Gasteiger partial charge in [0.25, 0.3) is 0 Å². The summed E-state index contributed by atoms with van der Waals surface area (Å²) in [6, 6.07) is 7.50. The van der Waals surface area contributed by atoms with Crippen molar-refractivity contribution in [3.8, 4) is 5.75 Å². The Labute approximate surface area is 105 Å². The van der Waals surface area contributed by atoms with E-state index in [-0.39, 0.29) is 6.04 Å². The van der Waals surface area contributed by atoms with Gasteiger partial charge in [-0.3, -0.25) is 5.10 Å². The molecule has 1 aromatic carbocycles. The lowest BCUT2D eigenvalue weighted by atomic mass is 10.2. The van der Waals surface area contributed by atoms with Crippen LogP contribution >= 0.6 is 11.6 Å². The largest absolute Gasteiger partial charge is 0.495 e. The van der Waals surface area contributed by atoms with Crippen LogP contribution in [-0.4, -0.2) is 17.3 Å². The average Bonchev–Trinajstić information content (AvgIpc) is 2.83. The molecule has 0 spiro atoms. The predicted molar refractivity (Wildman–Crippen MR) is 68.6 cm³/mol. The van der Waals surface area contributed by atoms with E-state index in [1.807, 2.05) is 25.1 Å². The molecule has 1 aromatic heterocycles. The van der Waals surface area contributed by atoms with Crippen LogP contribution in [-0.2, 0) is 0 Å². The minimum Gasteiger partial charge on any atom is -0.495 e. The van der Waals surface area contributed by atoms with Crippen LogP contribution in [0.15, 0.2) is 30.5 Å². The van der Waals surface area contributed by atoms with Crippen LogP contribution in [0.4, 0.5) is 5.69 Å². The Balaban J connectivity index is 2.20. The normalized spacial score (nSPS) is 12.2. The zero-order chi connectivity index (χ0) is 12.3. The molecule has 0 amide bonds. The van der Waals surface area contributed by atoms with Crippen LogP contribution in [0.1, 0.15) is 18.7 Å². The van der Waals surface area contributed by atoms with Gasteiger partial charge in [0, 0.05) is 11.2 Å². The van der Waals surface area contributed by atoms with Crippen LogP contribution in [0.5, 0.6) is 5.75 Å². The minimum atomic E-state index is 0.102. The first-order chi connectivity index (χ1) is 8.20.